The molecule has 18 heavy (non-hydrogen) atoms. The molecule has 0 bridgehead atoms. The van der Waals surface area contributed by atoms with Gasteiger partial charge < -0.3 is 20.6 Å². The summed E-state index contributed by atoms with van der Waals surface area (Å²) < 4.78 is 0. The predicted octanol–water partition coefficient (Wildman–Crippen LogP) is 0.735. The van der Waals surface area contributed by atoms with Gasteiger partial charge in [-0.3, -0.25) is 0 Å². The molecule has 0 rings (SSSR count). The summed E-state index contributed by atoms with van der Waals surface area (Å²) in [6, 6.07) is -1.28. The van der Waals surface area contributed by atoms with Crippen molar-refractivity contribution in [3.63, 3.8) is 0 Å². The van der Waals surface area contributed by atoms with E-state index in [0.717, 1.165) is 13.0 Å². The molecule has 0 spiro atoms. The number of carboxylic acid groups (broad SMARTS) is 1. The molecule has 0 aliphatic rings. The van der Waals surface area contributed by atoms with Gasteiger partial charge >= 0.3 is 12.0 Å². The second kappa shape index (κ2) is 7.92. The number of nitrogens with one attached hydrogen (secondary N) is 2. The zero-order chi connectivity index (χ0) is 14.3. The second-order valence-electron chi connectivity index (χ2n) is 5.17. The van der Waals surface area contributed by atoms with Gasteiger partial charge in [0.1, 0.15) is 6.04 Å². The van der Waals surface area contributed by atoms with E-state index in [0.29, 0.717) is 0 Å². The van der Waals surface area contributed by atoms with E-state index in [9.17, 15) is 9.59 Å². The van der Waals surface area contributed by atoms with Crippen molar-refractivity contribution in [2.75, 3.05) is 20.6 Å². The van der Waals surface area contributed by atoms with E-state index < -0.39 is 18.0 Å². The van der Waals surface area contributed by atoms with Crippen molar-refractivity contribution in [2.24, 2.45) is 5.92 Å². The lowest BCUT2D eigenvalue weighted by Gasteiger charge is -2.21. The highest BCUT2D eigenvalue weighted by Crippen LogP contribution is 2.01. The minimum Gasteiger partial charge on any atom is -0.480 e. The number of carboxylic acids is 1. The smallest absolute Gasteiger partial charge is 0.326 e. The van der Waals surface area contributed by atoms with Crippen LogP contribution < -0.4 is 10.6 Å². The Bertz CT molecular complexity index is 280. The van der Waals surface area contributed by atoms with Gasteiger partial charge in [0.15, 0.2) is 0 Å². The molecular weight excluding hydrogens is 234 g/mol. The van der Waals surface area contributed by atoms with Crippen LogP contribution >= 0.6 is 0 Å². The van der Waals surface area contributed by atoms with Gasteiger partial charge in [-0.2, -0.15) is 0 Å². The van der Waals surface area contributed by atoms with Crippen molar-refractivity contribution in [2.45, 2.75) is 39.3 Å². The number of nitrogens with zero attached hydrogens (tertiary/aromatic N) is 1. The molecule has 3 N–H and O–H groups in total. The second-order valence-corrected chi connectivity index (χ2v) is 5.17. The third kappa shape index (κ3) is 7.11. The minimum atomic E-state index is -1.01. The van der Waals surface area contributed by atoms with Gasteiger partial charge in [-0.25, -0.2) is 9.59 Å². The molecule has 2 atom stereocenters. The largest absolute Gasteiger partial charge is 0.480 e. The molecule has 0 aromatic heterocycles. The first-order valence-corrected chi connectivity index (χ1v) is 6.18. The van der Waals surface area contributed by atoms with Crippen LogP contribution in [-0.4, -0.2) is 54.7 Å². The zero-order valence-corrected chi connectivity index (χ0v) is 11.9. The van der Waals surface area contributed by atoms with E-state index in [1.165, 1.54) is 0 Å². The van der Waals surface area contributed by atoms with Crippen LogP contribution in [0, 0.1) is 5.92 Å². The Kier molecular flexibility index (Phi) is 7.35. The molecule has 6 nitrogen and oxygen atoms in total. The first-order chi connectivity index (χ1) is 8.23. The third-order valence-electron chi connectivity index (χ3n) is 2.61. The molecule has 0 aliphatic heterocycles. The lowest BCUT2D eigenvalue weighted by Crippen LogP contribution is -2.50. The maximum Gasteiger partial charge on any atom is 0.326 e. The highest BCUT2D eigenvalue weighted by molar-refractivity contribution is 5.82. The van der Waals surface area contributed by atoms with Crippen molar-refractivity contribution in [3.8, 4) is 0 Å². The normalized spacial score (nSPS) is 14.4. The van der Waals surface area contributed by atoms with Crippen LogP contribution in [0.15, 0.2) is 0 Å². The molecule has 2 amide bonds. The van der Waals surface area contributed by atoms with Crippen LogP contribution in [0.4, 0.5) is 4.79 Å². The number of rotatable bonds is 7. The summed E-state index contributed by atoms with van der Waals surface area (Å²) in [5, 5.41) is 14.2. The van der Waals surface area contributed by atoms with E-state index in [1.54, 1.807) is 13.8 Å². The van der Waals surface area contributed by atoms with E-state index in [4.69, 9.17) is 5.11 Å². The molecule has 0 heterocycles. The Hall–Kier alpha value is -1.30. The fourth-order valence-electron chi connectivity index (χ4n) is 1.44. The molecule has 106 valence electrons. The quantitative estimate of drug-likeness (QED) is 0.629. The maximum absolute atomic E-state index is 11.6. The van der Waals surface area contributed by atoms with Crippen LogP contribution in [0.25, 0.3) is 0 Å². The fraction of sp³-hybridized carbons (Fsp3) is 0.833. The maximum atomic E-state index is 11.6. The Morgan fingerprint density at radius 2 is 1.72 bits per heavy atom. The van der Waals surface area contributed by atoms with Crippen LogP contribution in [0.3, 0.4) is 0 Å². The van der Waals surface area contributed by atoms with E-state index in [1.807, 2.05) is 25.9 Å². The molecule has 0 fully saturated rings. The lowest BCUT2D eigenvalue weighted by atomic mass is 10.1. The van der Waals surface area contributed by atoms with Crippen LogP contribution in [0.5, 0.6) is 0 Å². The molecule has 6 heteroatoms. The fourth-order valence-corrected chi connectivity index (χ4v) is 1.44. The topological polar surface area (TPSA) is 81.7 Å². The van der Waals surface area contributed by atoms with Crippen molar-refractivity contribution in [1.82, 2.24) is 15.5 Å². The van der Waals surface area contributed by atoms with Gasteiger partial charge in [-0.1, -0.05) is 13.8 Å². The Morgan fingerprint density at radius 3 is 2.11 bits per heavy atom. The summed E-state index contributed by atoms with van der Waals surface area (Å²) in [7, 11) is 3.93. The molecule has 0 saturated heterocycles. The van der Waals surface area contributed by atoms with Crippen molar-refractivity contribution >= 4 is 12.0 Å². The van der Waals surface area contributed by atoms with E-state index in [2.05, 4.69) is 10.6 Å². The Morgan fingerprint density at radius 1 is 1.17 bits per heavy atom. The number of hydrogen-bond donors (Lipinski definition) is 3. The van der Waals surface area contributed by atoms with Gasteiger partial charge in [-0.05, 0) is 39.9 Å². The summed E-state index contributed by atoms with van der Waals surface area (Å²) in [6.07, 6.45) is 0.819. The third-order valence-corrected chi connectivity index (χ3v) is 2.61. The SMILES string of the molecule is CC(CCN(C)C)NC(=O)NC(C(=O)O)C(C)C. The molecular formula is C12H25N3O3. The van der Waals surface area contributed by atoms with Crippen molar-refractivity contribution in [3.05, 3.63) is 0 Å². The molecule has 0 saturated carbocycles. The van der Waals surface area contributed by atoms with E-state index >= 15 is 0 Å². The van der Waals surface area contributed by atoms with Gasteiger partial charge in [0.2, 0.25) is 0 Å². The van der Waals surface area contributed by atoms with Gasteiger partial charge in [0.25, 0.3) is 0 Å². The number of amides is 2. The molecule has 0 aromatic carbocycles. The molecule has 0 aliphatic carbocycles. The Labute approximate surface area is 109 Å². The summed E-state index contributed by atoms with van der Waals surface area (Å²) in [4.78, 5) is 24.6. The van der Waals surface area contributed by atoms with E-state index in [-0.39, 0.29) is 12.0 Å². The van der Waals surface area contributed by atoms with Gasteiger partial charge in [-0.15, -0.1) is 0 Å². The predicted molar refractivity (Wildman–Crippen MR) is 70.6 cm³/mol. The molecule has 0 aromatic rings. The summed E-state index contributed by atoms with van der Waals surface area (Å²) in [6.45, 7) is 6.28. The highest BCUT2D eigenvalue weighted by Gasteiger charge is 2.23. The zero-order valence-electron chi connectivity index (χ0n) is 11.9. The highest BCUT2D eigenvalue weighted by atomic mass is 16.4. The average Bonchev–Trinajstić information content (AvgIpc) is 2.22. The first kappa shape index (κ1) is 16.7. The summed E-state index contributed by atoms with van der Waals surface area (Å²) in [5.41, 5.74) is 0. The minimum absolute atomic E-state index is 0.00834. The van der Waals surface area contributed by atoms with Crippen molar-refractivity contribution < 1.29 is 14.7 Å². The number of aliphatic carboxylic acids is 1. The van der Waals surface area contributed by atoms with Crippen LogP contribution in [0.1, 0.15) is 27.2 Å². The number of carbonyl (C=O) groups excluding carboxylic acids is 1. The number of urea groups is 1. The average molecular weight is 259 g/mol. The van der Waals surface area contributed by atoms with Crippen molar-refractivity contribution in [1.29, 1.82) is 0 Å². The molecule has 0 radical (unpaired) electrons. The Balaban J connectivity index is 4.12. The lowest BCUT2D eigenvalue weighted by molar-refractivity contribution is -0.140. The number of hydrogen-bond acceptors (Lipinski definition) is 3. The first-order valence-electron chi connectivity index (χ1n) is 6.18. The van der Waals surface area contributed by atoms with Gasteiger partial charge in [0.05, 0.1) is 0 Å². The molecule has 2 unspecified atom stereocenters. The summed E-state index contributed by atoms with van der Waals surface area (Å²) >= 11 is 0. The summed E-state index contributed by atoms with van der Waals surface area (Å²) in [5.74, 6) is -1.16. The van der Waals surface area contributed by atoms with Crippen LogP contribution in [0.2, 0.25) is 0 Å². The standard InChI is InChI=1S/C12H25N3O3/c1-8(2)10(11(16)17)14-12(18)13-9(3)6-7-15(4)5/h8-10H,6-7H2,1-5H3,(H,16,17)(H2,13,14,18). The van der Waals surface area contributed by atoms with Crippen LogP contribution in [-0.2, 0) is 4.79 Å². The monoisotopic (exact) mass is 259 g/mol. The van der Waals surface area contributed by atoms with Gasteiger partial charge in [0, 0.05) is 6.04 Å². The number of carbonyl (C=O) groups is 2.